The number of thiazole rings is 1. The molecule has 0 saturated heterocycles. The molecule has 0 unspecified atom stereocenters. The third-order valence-electron chi connectivity index (χ3n) is 4.04. The van der Waals surface area contributed by atoms with Crippen LogP contribution < -0.4 is 5.32 Å². The molecule has 1 aliphatic rings. The zero-order chi connectivity index (χ0) is 12.5. The molecule has 0 aromatic carbocycles. The molecule has 4 heteroatoms. The van der Waals surface area contributed by atoms with Crippen molar-refractivity contribution in [1.82, 2.24) is 10.3 Å². The third-order valence-corrected chi connectivity index (χ3v) is 5.31. The van der Waals surface area contributed by atoms with Crippen LogP contribution in [0.1, 0.15) is 41.3 Å². The molecule has 0 amide bonds. The molecule has 0 radical (unpaired) electrons. The van der Waals surface area contributed by atoms with E-state index in [9.17, 15) is 0 Å². The summed E-state index contributed by atoms with van der Waals surface area (Å²) in [7, 11) is 3.87. The molecule has 3 nitrogen and oxygen atoms in total. The summed E-state index contributed by atoms with van der Waals surface area (Å²) in [4.78, 5) is 6.08. The zero-order valence-corrected chi connectivity index (χ0v) is 12.0. The van der Waals surface area contributed by atoms with E-state index in [-0.39, 0.29) is 5.54 Å². The van der Waals surface area contributed by atoms with E-state index in [1.54, 1.807) is 0 Å². The molecule has 1 fully saturated rings. The minimum Gasteiger partial charge on any atom is -0.381 e. The Morgan fingerprint density at radius 3 is 2.41 bits per heavy atom. The Balaban J connectivity index is 2.21. The van der Waals surface area contributed by atoms with Crippen LogP contribution in [0.2, 0.25) is 0 Å². The van der Waals surface area contributed by atoms with Crippen molar-refractivity contribution in [2.24, 2.45) is 0 Å². The van der Waals surface area contributed by atoms with Gasteiger partial charge in [0.05, 0.1) is 17.3 Å². The second-order valence-electron chi connectivity index (χ2n) is 4.93. The fourth-order valence-corrected chi connectivity index (χ4v) is 3.74. The Hall–Kier alpha value is -0.450. The van der Waals surface area contributed by atoms with Crippen LogP contribution in [0.15, 0.2) is 0 Å². The zero-order valence-electron chi connectivity index (χ0n) is 11.2. The Morgan fingerprint density at radius 1 is 1.35 bits per heavy atom. The monoisotopic (exact) mass is 254 g/mol. The van der Waals surface area contributed by atoms with Gasteiger partial charge in [-0.3, -0.25) is 0 Å². The van der Waals surface area contributed by atoms with Crippen LogP contribution in [0.4, 0.5) is 0 Å². The van der Waals surface area contributed by atoms with Crippen molar-refractivity contribution in [2.45, 2.75) is 51.2 Å². The molecule has 1 heterocycles. The van der Waals surface area contributed by atoms with Crippen LogP contribution in [0.3, 0.4) is 0 Å². The minimum absolute atomic E-state index is 0.0821. The highest BCUT2D eigenvalue weighted by molar-refractivity contribution is 7.11. The predicted molar refractivity (Wildman–Crippen MR) is 71.6 cm³/mol. The third kappa shape index (κ3) is 2.39. The van der Waals surface area contributed by atoms with Gasteiger partial charge in [-0.05, 0) is 46.6 Å². The van der Waals surface area contributed by atoms with Crippen molar-refractivity contribution in [3.8, 4) is 0 Å². The molecule has 0 aliphatic heterocycles. The minimum atomic E-state index is 0.0821. The van der Waals surface area contributed by atoms with Gasteiger partial charge in [0, 0.05) is 12.0 Å². The Labute approximate surface area is 108 Å². The summed E-state index contributed by atoms with van der Waals surface area (Å²) in [6, 6.07) is 0. The average Bonchev–Trinajstić information content (AvgIpc) is 2.70. The normalized spacial score (nSPS) is 29.5. The molecule has 1 N–H and O–H groups in total. The van der Waals surface area contributed by atoms with Crippen molar-refractivity contribution in [2.75, 3.05) is 14.2 Å². The van der Waals surface area contributed by atoms with Gasteiger partial charge in [0.1, 0.15) is 5.01 Å². The molecule has 0 atom stereocenters. The van der Waals surface area contributed by atoms with E-state index in [1.165, 1.54) is 15.6 Å². The molecular weight excluding hydrogens is 232 g/mol. The first-order valence-electron chi connectivity index (χ1n) is 6.27. The van der Waals surface area contributed by atoms with Crippen LogP contribution in [0.25, 0.3) is 0 Å². The number of nitrogens with one attached hydrogen (secondary N) is 1. The number of rotatable bonds is 3. The van der Waals surface area contributed by atoms with Gasteiger partial charge in [0.25, 0.3) is 0 Å². The first-order chi connectivity index (χ1) is 8.11. The molecular formula is C13H22N2OS. The van der Waals surface area contributed by atoms with Gasteiger partial charge in [-0.2, -0.15) is 0 Å². The van der Waals surface area contributed by atoms with Crippen molar-refractivity contribution in [1.29, 1.82) is 0 Å². The molecule has 2 rings (SSSR count). The number of hydrogen-bond acceptors (Lipinski definition) is 4. The summed E-state index contributed by atoms with van der Waals surface area (Å²) in [6.45, 7) is 4.25. The summed E-state index contributed by atoms with van der Waals surface area (Å²) in [6.07, 6.45) is 4.91. The Kier molecular flexibility index (Phi) is 3.85. The smallest absolute Gasteiger partial charge is 0.113 e. The number of hydrogen-bond donors (Lipinski definition) is 1. The fraction of sp³-hybridized carbons (Fsp3) is 0.769. The lowest BCUT2D eigenvalue weighted by Crippen LogP contribution is -2.44. The maximum absolute atomic E-state index is 5.45. The fourth-order valence-electron chi connectivity index (χ4n) is 2.57. The highest BCUT2D eigenvalue weighted by Crippen LogP contribution is 2.40. The van der Waals surface area contributed by atoms with Gasteiger partial charge in [-0.15, -0.1) is 11.3 Å². The summed E-state index contributed by atoms with van der Waals surface area (Å²) >= 11 is 1.84. The summed E-state index contributed by atoms with van der Waals surface area (Å²) in [5.41, 5.74) is 1.26. The van der Waals surface area contributed by atoms with Crippen molar-refractivity contribution >= 4 is 11.3 Å². The number of nitrogens with zero attached hydrogens (tertiary/aromatic N) is 1. The first-order valence-corrected chi connectivity index (χ1v) is 7.09. The van der Waals surface area contributed by atoms with Crippen LogP contribution >= 0.6 is 11.3 Å². The summed E-state index contributed by atoms with van der Waals surface area (Å²) in [5, 5.41) is 4.77. The van der Waals surface area contributed by atoms with Crippen LogP contribution in [-0.4, -0.2) is 25.2 Å². The lowest BCUT2D eigenvalue weighted by molar-refractivity contribution is 0.0422. The van der Waals surface area contributed by atoms with E-state index in [4.69, 9.17) is 9.72 Å². The van der Waals surface area contributed by atoms with Gasteiger partial charge in [-0.25, -0.2) is 4.98 Å². The van der Waals surface area contributed by atoms with Crippen LogP contribution in [-0.2, 0) is 10.3 Å². The second-order valence-corrected chi connectivity index (χ2v) is 6.13. The highest BCUT2D eigenvalue weighted by atomic mass is 32.1. The maximum atomic E-state index is 5.45. The van der Waals surface area contributed by atoms with E-state index in [1.807, 2.05) is 18.4 Å². The average molecular weight is 254 g/mol. The molecule has 0 bridgehead atoms. The lowest BCUT2D eigenvalue weighted by Gasteiger charge is -2.38. The van der Waals surface area contributed by atoms with Crippen LogP contribution in [0, 0.1) is 13.8 Å². The van der Waals surface area contributed by atoms with E-state index in [2.05, 4.69) is 26.2 Å². The lowest BCUT2D eigenvalue weighted by atomic mass is 9.81. The van der Waals surface area contributed by atoms with Crippen molar-refractivity contribution < 1.29 is 4.74 Å². The molecule has 1 aliphatic carbocycles. The quantitative estimate of drug-likeness (QED) is 0.900. The molecule has 1 aromatic heterocycles. The van der Waals surface area contributed by atoms with Crippen molar-refractivity contribution in [3.05, 3.63) is 15.6 Å². The topological polar surface area (TPSA) is 34.2 Å². The van der Waals surface area contributed by atoms with Gasteiger partial charge >= 0.3 is 0 Å². The molecule has 1 aromatic rings. The second kappa shape index (κ2) is 5.04. The van der Waals surface area contributed by atoms with Gasteiger partial charge in [0.15, 0.2) is 0 Å². The Morgan fingerprint density at radius 2 is 2.00 bits per heavy atom. The SMILES string of the molecule is CNC1(c2nc(C)c(C)s2)CCC(OC)CC1. The molecule has 17 heavy (non-hydrogen) atoms. The van der Waals surface area contributed by atoms with Gasteiger partial charge in [0.2, 0.25) is 0 Å². The summed E-state index contributed by atoms with van der Waals surface area (Å²) < 4.78 is 5.45. The van der Waals surface area contributed by atoms with E-state index in [0.717, 1.165) is 25.7 Å². The number of ether oxygens (including phenoxy) is 1. The standard InChI is InChI=1S/C13H22N2OS/c1-9-10(2)17-12(15-9)13(14-3)7-5-11(16-4)6-8-13/h11,14H,5-8H2,1-4H3. The number of aromatic nitrogens is 1. The molecule has 0 spiro atoms. The maximum Gasteiger partial charge on any atom is 0.113 e. The number of methoxy groups -OCH3 is 1. The van der Waals surface area contributed by atoms with E-state index in [0.29, 0.717) is 6.10 Å². The first kappa shape index (κ1) is 13.0. The highest BCUT2D eigenvalue weighted by Gasteiger charge is 2.38. The number of aryl methyl sites for hydroxylation is 2. The van der Waals surface area contributed by atoms with E-state index >= 15 is 0 Å². The van der Waals surface area contributed by atoms with Crippen molar-refractivity contribution in [3.63, 3.8) is 0 Å². The summed E-state index contributed by atoms with van der Waals surface area (Å²) in [5.74, 6) is 0. The predicted octanol–water partition coefficient (Wildman–Crippen LogP) is 2.76. The molecule has 96 valence electrons. The van der Waals surface area contributed by atoms with E-state index < -0.39 is 0 Å². The molecule has 1 saturated carbocycles. The Bertz CT molecular complexity index is 361. The van der Waals surface area contributed by atoms with Gasteiger partial charge in [-0.1, -0.05) is 0 Å². The largest absolute Gasteiger partial charge is 0.381 e. The van der Waals surface area contributed by atoms with Gasteiger partial charge < -0.3 is 10.1 Å². The van der Waals surface area contributed by atoms with Crippen LogP contribution in [0.5, 0.6) is 0 Å².